The van der Waals surface area contributed by atoms with Gasteiger partial charge in [-0.15, -0.1) is 11.3 Å². The molecule has 0 saturated carbocycles. The van der Waals surface area contributed by atoms with Crippen LogP contribution in [0.4, 0.5) is 0 Å². The standard InChI is InChI=1S/C10H11NS2/c1-7(12-2)10-11-8-5-3-4-6-9(8)13-10/h3-7H,1-2H3. The highest BCUT2D eigenvalue weighted by atomic mass is 32.2. The molecule has 0 spiro atoms. The molecule has 1 aromatic heterocycles. The molecule has 1 unspecified atom stereocenters. The molecule has 0 aliphatic carbocycles. The van der Waals surface area contributed by atoms with Gasteiger partial charge in [-0.3, -0.25) is 0 Å². The van der Waals surface area contributed by atoms with E-state index in [-0.39, 0.29) is 0 Å². The lowest BCUT2D eigenvalue weighted by Gasteiger charge is -2.00. The van der Waals surface area contributed by atoms with Crippen molar-refractivity contribution in [2.75, 3.05) is 6.26 Å². The summed E-state index contributed by atoms with van der Waals surface area (Å²) in [4.78, 5) is 4.58. The minimum Gasteiger partial charge on any atom is -0.240 e. The Morgan fingerprint density at radius 1 is 1.38 bits per heavy atom. The molecule has 0 bridgehead atoms. The summed E-state index contributed by atoms with van der Waals surface area (Å²) in [6.07, 6.45) is 2.12. The second-order valence-electron chi connectivity index (χ2n) is 2.90. The smallest absolute Gasteiger partial charge is 0.107 e. The van der Waals surface area contributed by atoms with Crippen molar-refractivity contribution in [3.05, 3.63) is 29.3 Å². The zero-order valence-electron chi connectivity index (χ0n) is 7.65. The number of para-hydroxylation sites is 1. The van der Waals surface area contributed by atoms with E-state index in [1.165, 1.54) is 9.71 Å². The van der Waals surface area contributed by atoms with Crippen LogP contribution in [-0.2, 0) is 0 Å². The highest BCUT2D eigenvalue weighted by molar-refractivity contribution is 7.98. The molecule has 1 nitrogen and oxygen atoms in total. The molecule has 3 heteroatoms. The fraction of sp³-hybridized carbons (Fsp3) is 0.300. The van der Waals surface area contributed by atoms with Crippen molar-refractivity contribution in [3.8, 4) is 0 Å². The van der Waals surface area contributed by atoms with Crippen molar-refractivity contribution in [2.45, 2.75) is 12.2 Å². The molecule has 0 fully saturated rings. The summed E-state index contributed by atoms with van der Waals surface area (Å²) < 4.78 is 1.29. The Balaban J connectivity index is 2.49. The molecular weight excluding hydrogens is 198 g/mol. The van der Waals surface area contributed by atoms with Crippen molar-refractivity contribution in [3.63, 3.8) is 0 Å². The molecule has 2 aromatic rings. The summed E-state index contributed by atoms with van der Waals surface area (Å²) in [5, 5.41) is 1.74. The topological polar surface area (TPSA) is 12.9 Å². The van der Waals surface area contributed by atoms with Gasteiger partial charge < -0.3 is 0 Å². The Kier molecular flexibility index (Phi) is 2.56. The lowest BCUT2D eigenvalue weighted by atomic mass is 10.3. The van der Waals surface area contributed by atoms with Gasteiger partial charge in [0, 0.05) is 0 Å². The van der Waals surface area contributed by atoms with Crippen LogP contribution in [0.3, 0.4) is 0 Å². The SMILES string of the molecule is CSC(C)c1nc2ccccc2s1. The number of thioether (sulfide) groups is 1. The third-order valence-corrected chi connectivity index (χ3v) is 4.31. The Labute approximate surface area is 86.2 Å². The minimum atomic E-state index is 0.511. The third-order valence-electron chi connectivity index (χ3n) is 2.01. The second kappa shape index (κ2) is 3.68. The van der Waals surface area contributed by atoms with E-state index < -0.39 is 0 Å². The van der Waals surface area contributed by atoms with Crippen LogP contribution < -0.4 is 0 Å². The number of fused-ring (bicyclic) bond motifs is 1. The maximum Gasteiger partial charge on any atom is 0.107 e. The summed E-state index contributed by atoms with van der Waals surface area (Å²) in [6.45, 7) is 2.20. The van der Waals surface area contributed by atoms with Gasteiger partial charge >= 0.3 is 0 Å². The lowest BCUT2D eigenvalue weighted by Crippen LogP contribution is -1.83. The van der Waals surface area contributed by atoms with E-state index in [9.17, 15) is 0 Å². The zero-order chi connectivity index (χ0) is 9.26. The van der Waals surface area contributed by atoms with Crippen molar-refractivity contribution < 1.29 is 0 Å². The van der Waals surface area contributed by atoms with Crippen molar-refractivity contribution in [1.82, 2.24) is 4.98 Å². The molecule has 1 heterocycles. The van der Waals surface area contributed by atoms with Crippen LogP contribution >= 0.6 is 23.1 Å². The summed E-state index contributed by atoms with van der Waals surface area (Å²) in [5.74, 6) is 0. The number of hydrogen-bond acceptors (Lipinski definition) is 3. The van der Waals surface area contributed by atoms with Crippen LogP contribution in [0, 0.1) is 0 Å². The van der Waals surface area contributed by atoms with Crippen molar-refractivity contribution in [1.29, 1.82) is 0 Å². The van der Waals surface area contributed by atoms with Crippen LogP contribution in [-0.4, -0.2) is 11.2 Å². The number of nitrogens with zero attached hydrogens (tertiary/aromatic N) is 1. The molecular formula is C10H11NS2. The van der Waals surface area contributed by atoms with E-state index in [1.54, 1.807) is 11.3 Å². The first-order chi connectivity index (χ1) is 6.31. The first-order valence-corrected chi connectivity index (χ1v) is 6.30. The second-order valence-corrected chi connectivity index (χ2v) is 5.14. The Hall–Kier alpha value is -0.540. The highest BCUT2D eigenvalue weighted by Gasteiger charge is 2.08. The molecule has 13 heavy (non-hydrogen) atoms. The van der Waals surface area contributed by atoms with Gasteiger partial charge in [-0.05, 0) is 25.3 Å². The van der Waals surface area contributed by atoms with E-state index in [2.05, 4.69) is 36.4 Å². The maximum absolute atomic E-state index is 4.58. The van der Waals surface area contributed by atoms with E-state index in [4.69, 9.17) is 0 Å². The van der Waals surface area contributed by atoms with E-state index in [1.807, 2.05) is 17.8 Å². The molecule has 0 aliphatic rings. The molecule has 0 radical (unpaired) electrons. The predicted octanol–water partition coefficient (Wildman–Crippen LogP) is 3.72. The van der Waals surface area contributed by atoms with Crippen molar-refractivity contribution in [2.24, 2.45) is 0 Å². The summed E-state index contributed by atoms with van der Waals surface area (Å²) in [5.41, 5.74) is 1.13. The fourth-order valence-electron chi connectivity index (χ4n) is 1.16. The van der Waals surface area contributed by atoms with Crippen LogP contribution in [0.5, 0.6) is 0 Å². The van der Waals surface area contributed by atoms with E-state index >= 15 is 0 Å². The monoisotopic (exact) mass is 209 g/mol. The fourth-order valence-corrected chi connectivity index (χ4v) is 2.75. The maximum atomic E-state index is 4.58. The number of hydrogen-bond donors (Lipinski definition) is 0. The first kappa shape index (κ1) is 9.03. The van der Waals surface area contributed by atoms with Crippen LogP contribution in [0.1, 0.15) is 17.2 Å². The average Bonchev–Trinajstić information content (AvgIpc) is 2.59. The molecule has 0 N–H and O–H groups in total. The van der Waals surface area contributed by atoms with Gasteiger partial charge in [0.05, 0.1) is 15.5 Å². The zero-order valence-corrected chi connectivity index (χ0v) is 9.28. The number of rotatable bonds is 2. The molecule has 68 valence electrons. The highest BCUT2D eigenvalue weighted by Crippen LogP contribution is 2.32. The summed E-state index contributed by atoms with van der Waals surface area (Å²) in [7, 11) is 0. The number of thiazole rings is 1. The molecule has 2 rings (SSSR count). The summed E-state index contributed by atoms with van der Waals surface area (Å²) >= 11 is 3.64. The number of benzene rings is 1. The summed E-state index contributed by atoms with van der Waals surface area (Å²) in [6, 6.07) is 8.30. The quantitative estimate of drug-likeness (QED) is 0.747. The van der Waals surface area contributed by atoms with Crippen LogP contribution in [0.25, 0.3) is 10.2 Å². The minimum absolute atomic E-state index is 0.511. The Bertz CT molecular complexity index is 375. The number of aromatic nitrogens is 1. The third kappa shape index (κ3) is 1.71. The molecule has 1 aromatic carbocycles. The van der Waals surface area contributed by atoms with Crippen LogP contribution in [0.2, 0.25) is 0 Å². The van der Waals surface area contributed by atoms with Gasteiger partial charge in [-0.2, -0.15) is 11.8 Å². The molecule has 0 aliphatic heterocycles. The Morgan fingerprint density at radius 3 is 2.85 bits per heavy atom. The van der Waals surface area contributed by atoms with Gasteiger partial charge in [0.1, 0.15) is 5.01 Å². The van der Waals surface area contributed by atoms with Gasteiger partial charge in [0.2, 0.25) is 0 Å². The molecule has 0 amide bonds. The van der Waals surface area contributed by atoms with E-state index in [0.717, 1.165) is 5.52 Å². The predicted molar refractivity (Wildman–Crippen MR) is 61.6 cm³/mol. The Morgan fingerprint density at radius 2 is 2.15 bits per heavy atom. The molecule has 1 atom stereocenters. The first-order valence-electron chi connectivity index (χ1n) is 4.19. The van der Waals surface area contributed by atoms with Gasteiger partial charge in [-0.25, -0.2) is 4.98 Å². The van der Waals surface area contributed by atoms with Gasteiger partial charge in [0.15, 0.2) is 0 Å². The average molecular weight is 209 g/mol. The molecule has 0 saturated heterocycles. The normalized spacial score (nSPS) is 13.4. The van der Waals surface area contributed by atoms with E-state index in [0.29, 0.717) is 5.25 Å². The largest absolute Gasteiger partial charge is 0.240 e. The van der Waals surface area contributed by atoms with Crippen molar-refractivity contribution >= 4 is 33.3 Å². The van der Waals surface area contributed by atoms with Crippen LogP contribution in [0.15, 0.2) is 24.3 Å². The lowest BCUT2D eigenvalue weighted by molar-refractivity contribution is 1.08. The van der Waals surface area contributed by atoms with Gasteiger partial charge in [-0.1, -0.05) is 12.1 Å². The van der Waals surface area contributed by atoms with Gasteiger partial charge in [0.25, 0.3) is 0 Å².